The van der Waals surface area contributed by atoms with Crippen LogP contribution in [0.2, 0.25) is 0 Å². The Balaban J connectivity index is 2.43. The molecule has 0 unspecified atom stereocenters. The molecule has 1 radical (unpaired) electrons. The van der Waals surface area contributed by atoms with Crippen LogP contribution in [0.15, 0.2) is 39.4 Å². The van der Waals surface area contributed by atoms with Crippen molar-refractivity contribution in [3.63, 3.8) is 0 Å². The van der Waals surface area contributed by atoms with E-state index in [1.807, 2.05) is 24.3 Å². The van der Waals surface area contributed by atoms with Crippen molar-refractivity contribution in [2.45, 2.75) is 0 Å². The quantitative estimate of drug-likeness (QED) is 0.742. The van der Waals surface area contributed by atoms with E-state index >= 15 is 0 Å². The first kappa shape index (κ1) is 7.55. The zero-order chi connectivity index (χ0) is 8.39. The molecule has 0 fully saturated rings. The van der Waals surface area contributed by atoms with E-state index in [0.29, 0.717) is 5.89 Å². The summed E-state index contributed by atoms with van der Waals surface area (Å²) >= 11 is 3.35. The van der Waals surface area contributed by atoms with Gasteiger partial charge in [-0.25, -0.2) is 4.98 Å². The molecule has 0 saturated heterocycles. The van der Waals surface area contributed by atoms with Gasteiger partial charge >= 0.3 is 0 Å². The SMILES string of the molecule is Brc1ccc(-c2n[c]co2)cc1. The summed E-state index contributed by atoms with van der Waals surface area (Å²) in [6, 6.07) is 7.76. The maximum atomic E-state index is 5.08. The van der Waals surface area contributed by atoms with Crippen LogP contribution in [0.3, 0.4) is 0 Å². The van der Waals surface area contributed by atoms with Gasteiger partial charge in [0.1, 0.15) is 12.5 Å². The van der Waals surface area contributed by atoms with Crippen molar-refractivity contribution < 1.29 is 4.42 Å². The van der Waals surface area contributed by atoms with E-state index < -0.39 is 0 Å². The number of hydrogen-bond acceptors (Lipinski definition) is 2. The van der Waals surface area contributed by atoms with Gasteiger partial charge in [-0.15, -0.1) is 0 Å². The van der Waals surface area contributed by atoms with Crippen LogP contribution in [0.25, 0.3) is 11.5 Å². The van der Waals surface area contributed by atoms with Crippen molar-refractivity contribution in [1.82, 2.24) is 4.98 Å². The molecule has 0 N–H and O–H groups in total. The third-order valence-corrected chi connectivity index (χ3v) is 2.01. The zero-order valence-corrected chi connectivity index (χ0v) is 7.71. The van der Waals surface area contributed by atoms with Crippen molar-refractivity contribution >= 4 is 15.9 Å². The van der Waals surface area contributed by atoms with E-state index in [1.54, 1.807) is 0 Å². The first-order valence-electron chi connectivity index (χ1n) is 3.44. The summed E-state index contributed by atoms with van der Waals surface area (Å²) in [4.78, 5) is 3.91. The topological polar surface area (TPSA) is 26.0 Å². The summed E-state index contributed by atoms with van der Waals surface area (Å²) in [5.74, 6) is 0.600. The first-order valence-corrected chi connectivity index (χ1v) is 4.23. The standard InChI is InChI=1S/C9H5BrNO/c10-8-3-1-7(2-4-8)9-11-5-6-12-9/h1-4,6H. The number of hydrogen-bond donors (Lipinski definition) is 0. The lowest BCUT2D eigenvalue weighted by Crippen LogP contribution is -1.75. The highest BCUT2D eigenvalue weighted by Gasteiger charge is 2.00. The molecule has 2 rings (SSSR count). The van der Waals surface area contributed by atoms with Gasteiger partial charge in [-0.05, 0) is 24.3 Å². The molecular formula is C9H5BrNO. The fraction of sp³-hybridized carbons (Fsp3) is 0. The lowest BCUT2D eigenvalue weighted by Gasteiger charge is -1.93. The van der Waals surface area contributed by atoms with Crippen LogP contribution in [0.5, 0.6) is 0 Å². The Kier molecular flexibility index (Phi) is 1.96. The molecule has 3 heteroatoms. The van der Waals surface area contributed by atoms with Gasteiger partial charge in [0, 0.05) is 10.0 Å². The molecule has 0 saturated carbocycles. The maximum absolute atomic E-state index is 5.08. The van der Waals surface area contributed by atoms with Crippen LogP contribution < -0.4 is 0 Å². The van der Waals surface area contributed by atoms with E-state index in [9.17, 15) is 0 Å². The smallest absolute Gasteiger partial charge is 0.226 e. The molecule has 0 atom stereocenters. The van der Waals surface area contributed by atoms with E-state index in [0.717, 1.165) is 10.0 Å². The third-order valence-electron chi connectivity index (χ3n) is 1.48. The molecule has 59 valence electrons. The predicted molar refractivity (Wildman–Crippen MR) is 48.5 cm³/mol. The number of benzene rings is 1. The van der Waals surface area contributed by atoms with Gasteiger partial charge < -0.3 is 4.42 Å². The van der Waals surface area contributed by atoms with Crippen LogP contribution in [0.1, 0.15) is 0 Å². The highest BCUT2D eigenvalue weighted by atomic mass is 79.9. The highest BCUT2D eigenvalue weighted by Crippen LogP contribution is 2.19. The molecule has 0 aliphatic carbocycles. The summed E-state index contributed by atoms with van der Waals surface area (Å²) in [6.07, 6.45) is 4.06. The fourth-order valence-electron chi connectivity index (χ4n) is 0.919. The van der Waals surface area contributed by atoms with Crippen molar-refractivity contribution in [3.05, 3.63) is 41.2 Å². The number of aromatic nitrogens is 1. The second kappa shape index (κ2) is 3.11. The number of rotatable bonds is 1. The molecule has 0 aliphatic rings. The van der Waals surface area contributed by atoms with Crippen molar-refractivity contribution in [1.29, 1.82) is 0 Å². The van der Waals surface area contributed by atoms with Gasteiger partial charge in [0.2, 0.25) is 5.89 Å². The van der Waals surface area contributed by atoms with Gasteiger partial charge in [0.15, 0.2) is 0 Å². The van der Waals surface area contributed by atoms with Crippen LogP contribution in [0, 0.1) is 6.20 Å². The average Bonchev–Trinajstić information content (AvgIpc) is 2.58. The van der Waals surface area contributed by atoms with Crippen LogP contribution >= 0.6 is 15.9 Å². The van der Waals surface area contributed by atoms with Gasteiger partial charge in [-0.1, -0.05) is 15.9 Å². The molecule has 0 aliphatic heterocycles. The van der Waals surface area contributed by atoms with E-state index in [-0.39, 0.29) is 0 Å². The summed E-state index contributed by atoms with van der Waals surface area (Å²) < 4.78 is 6.12. The molecule has 1 aromatic carbocycles. The fourth-order valence-corrected chi connectivity index (χ4v) is 1.18. The van der Waals surface area contributed by atoms with Gasteiger partial charge in [-0.2, -0.15) is 0 Å². The minimum absolute atomic E-state index is 0.600. The first-order chi connectivity index (χ1) is 5.86. The van der Waals surface area contributed by atoms with Crippen LogP contribution in [0.4, 0.5) is 0 Å². The molecular weight excluding hydrogens is 218 g/mol. The number of nitrogens with zero attached hydrogens (tertiary/aromatic N) is 1. The highest BCUT2D eigenvalue weighted by molar-refractivity contribution is 9.10. The van der Waals surface area contributed by atoms with Crippen molar-refractivity contribution in [2.24, 2.45) is 0 Å². The molecule has 1 heterocycles. The minimum Gasteiger partial charge on any atom is -0.444 e. The Morgan fingerprint density at radius 1 is 1.25 bits per heavy atom. The van der Waals surface area contributed by atoms with Crippen molar-refractivity contribution in [2.75, 3.05) is 0 Å². The third kappa shape index (κ3) is 1.41. The largest absolute Gasteiger partial charge is 0.444 e. The van der Waals surface area contributed by atoms with Crippen LogP contribution in [-0.2, 0) is 0 Å². The Labute approximate surface area is 78.4 Å². The summed E-state index contributed by atoms with van der Waals surface area (Å²) in [7, 11) is 0. The Morgan fingerprint density at radius 3 is 2.58 bits per heavy atom. The summed E-state index contributed by atoms with van der Waals surface area (Å²) in [5, 5.41) is 0. The molecule has 2 nitrogen and oxygen atoms in total. The van der Waals surface area contributed by atoms with Gasteiger partial charge in [0.05, 0.1) is 0 Å². The molecule has 0 bridgehead atoms. The monoisotopic (exact) mass is 222 g/mol. The van der Waals surface area contributed by atoms with E-state index in [4.69, 9.17) is 4.42 Å². The van der Waals surface area contributed by atoms with E-state index in [2.05, 4.69) is 27.1 Å². The predicted octanol–water partition coefficient (Wildman–Crippen LogP) is 2.90. The number of oxazole rings is 1. The van der Waals surface area contributed by atoms with Crippen LogP contribution in [-0.4, -0.2) is 4.98 Å². The number of halogens is 1. The lowest BCUT2D eigenvalue weighted by atomic mass is 10.2. The van der Waals surface area contributed by atoms with Gasteiger partial charge in [-0.3, -0.25) is 0 Å². The second-order valence-corrected chi connectivity index (χ2v) is 3.20. The summed E-state index contributed by atoms with van der Waals surface area (Å²) in [6.45, 7) is 0. The molecule has 12 heavy (non-hydrogen) atoms. The molecule has 2 aromatic rings. The molecule has 0 amide bonds. The molecule has 0 spiro atoms. The Morgan fingerprint density at radius 2 is 2.00 bits per heavy atom. The summed E-state index contributed by atoms with van der Waals surface area (Å²) in [5.41, 5.74) is 0.958. The lowest BCUT2D eigenvalue weighted by molar-refractivity contribution is 0.574. The Hall–Kier alpha value is -1.09. The minimum atomic E-state index is 0.600. The zero-order valence-electron chi connectivity index (χ0n) is 6.12. The Bertz CT molecular complexity index is 353. The second-order valence-electron chi connectivity index (χ2n) is 2.29. The average molecular weight is 223 g/mol. The van der Waals surface area contributed by atoms with Gasteiger partial charge in [0.25, 0.3) is 0 Å². The molecule has 1 aromatic heterocycles. The maximum Gasteiger partial charge on any atom is 0.226 e. The van der Waals surface area contributed by atoms with E-state index in [1.165, 1.54) is 6.26 Å². The normalized spacial score (nSPS) is 10.1. The van der Waals surface area contributed by atoms with Crippen molar-refractivity contribution in [3.8, 4) is 11.5 Å².